The summed E-state index contributed by atoms with van der Waals surface area (Å²) in [6.07, 6.45) is 1.71. The van der Waals surface area contributed by atoms with E-state index in [4.69, 9.17) is 9.47 Å². The first-order valence-electron chi connectivity index (χ1n) is 9.16. The van der Waals surface area contributed by atoms with Crippen molar-refractivity contribution in [2.75, 3.05) is 60.6 Å². The predicted octanol–water partition coefficient (Wildman–Crippen LogP) is 1.47. The molecule has 1 aromatic rings. The number of likely N-dealkylation sites (N-methyl/N-ethyl adjacent to an activating group) is 1. The summed E-state index contributed by atoms with van der Waals surface area (Å²) in [6.45, 7) is 6.94. The minimum atomic E-state index is 0.205. The van der Waals surface area contributed by atoms with Gasteiger partial charge >= 0.3 is 0 Å². The van der Waals surface area contributed by atoms with Gasteiger partial charge in [-0.1, -0.05) is 12.1 Å². The van der Waals surface area contributed by atoms with Gasteiger partial charge in [-0.25, -0.2) is 0 Å². The van der Waals surface area contributed by atoms with Crippen molar-refractivity contribution in [1.82, 2.24) is 15.5 Å². The highest BCUT2D eigenvalue weighted by atomic mass is 16.5. The number of rotatable bonds is 12. The molecule has 0 bridgehead atoms. The first-order valence-corrected chi connectivity index (χ1v) is 9.16. The summed E-state index contributed by atoms with van der Waals surface area (Å²) in [4.78, 5) is 6.85. The van der Waals surface area contributed by atoms with E-state index in [9.17, 15) is 5.11 Å². The zero-order chi connectivity index (χ0) is 19.2. The van der Waals surface area contributed by atoms with E-state index < -0.39 is 0 Å². The van der Waals surface area contributed by atoms with Gasteiger partial charge in [0.15, 0.2) is 17.5 Å². The molecule has 0 heterocycles. The third kappa shape index (κ3) is 8.40. The quantitative estimate of drug-likeness (QED) is 0.295. The molecule has 3 N–H and O–H groups in total. The zero-order valence-electron chi connectivity index (χ0n) is 16.5. The minimum Gasteiger partial charge on any atom is -0.504 e. The number of ether oxygens (including phenoxy) is 2. The van der Waals surface area contributed by atoms with Crippen LogP contribution >= 0.6 is 0 Å². The number of hydrogen-bond donors (Lipinski definition) is 3. The number of para-hydroxylation sites is 1. The molecule has 0 amide bonds. The van der Waals surface area contributed by atoms with Crippen molar-refractivity contribution >= 4 is 5.96 Å². The number of aliphatic imine (C=N–C) groups is 1. The molecule has 7 nitrogen and oxygen atoms in total. The molecular weight excluding hydrogens is 332 g/mol. The average molecular weight is 367 g/mol. The number of nitrogens with zero attached hydrogens (tertiary/aromatic N) is 2. The molecule has 0 aliphatic heterocycles. The molecule has 0 fully saturated rings. The standard InChI is InChI=1S/C19H34N4O3/c1-5-20-19(22-12-14-23(2)13-7-15-25-3)21-11-10-16-8-6-9-17(26-4)18(16)24/h6,8-9,24H,5,7,10-15H2,1-4H3,(H2,20,21,22). The van der Waals surface area contributed by atoms with Crippen molar-refractivity contribution in [2.45, 2.75) is 19.8 Å². The van der Waals surface area contributed by atoms with Crippen molar-refractivity contribution in [2.24, 2.45) is 4.99 Å². The van der Waals surface area contributed by atoms with E-state index in [2.05, 4.69) is 27.6 Å². The third-order valence-corrected chi connectivity index (χ3v) is 3.97. The minimum absolute atomic E-state index is 0.205. The maximum atomic E-state index is 10.1. The highest BCUT2D eigenvalue weighted by molar-refractivity contribution is 5.79. The number of aromatic hydroxyl groups is 1. The highest BCUT2D eigenvalue weighted by Gasteiger charge is 2.07. The molecule has 0 unspecified atom stereocenters. The Balaban J connectivity index is 2.42. The molecule has 26 heavy (non-hydrogen) atoms. The van der Waals surface area contributed by atoms with E-state index in [-0.39, 0.29) is 5.75 Å². The van der Waals surface area contributed by atoms with E-state index in [1.54, 1.807) is 20.3 Å². The summed E-state index contributed by atoms with van der Waals surface area (Å²) in [7, 11) is 5.38. The number of benzene rings is 1. The van der Waals surface area contributed by atoms with Crippen LogP contribution < -0.4 is 15.4 Å². The molecule has 1 aromatic carbocycles. The highest BCUT2D eigenvalue weighted by Crippen LogP contribution is 2.29. The van der Waals surface area contributed by atoms with Crippen LogP contribution in [0, 0.1) is 0 Å². The van der Waals surface area contributed by atoms with Gasteiger partial charge in [-0.3, -0.25) is 4.99 Å². The van der Waals surface area contributed by atoms with E-state index in [0.717, 1.165) is 50.7 Å². The summed E-state index contributed by atoms with van der Waals surface area (Å²) in [6, 6.07) is 5.53. The smallest absolute Gasteiger partial charge is 0.191 e. The number of phenols is 1. The van der Waals surface area contributed by atoms with Crippen LogP contribution in [0.1, 0.15) is 18.9 Å². The molecule has 0 aromatic heterocycles. The van der Waals surface area contributed by atoms with E-state index in [1.807, 2.05) is 19.1 Å². The maximum Gasteiger partial charge on any atom is 0.191 e. The second-order valence-electron chi connectivity index (χ2n) is 6.06. The van der Waals surface area contributed by atoms with Crippen molar-refractivity contribution in [3.8, 4) is 11.5 Å². The molecule has 7 heteroatoms. The van der Waals surface area contributed by atoms with E-state index in [1.165, 1.54) is 0 Å². The summed E-state index contributed by atoms with van der Waals surface area (Å²) < 4.78 is 10.2. The van der Waals surface area contributed by atoms with Crippen LogP contribution in [0.25, 0.3) is 0 Å². The zero-order valence-corrected chi connectivity index (χ0v) is 16.5. The second kappa shape index (κ2) is 13.2. The number of guanidine groups is 1. The van der Waals surface area contributed by atoms with Crippen LogP contribution in [0.5, 0.6) is 11.5 Å². The first kappa shape index (κ1) is 22.1. The Labute approximate surface area is 157 Å². The van der Waals surface area contributed by atoms with E-state index >= 15 is 0 Å². The molecule has 148 valence electrons. The summed E-state index contributed by atoms with van der Waals surface area (Å²) >= 11 is 0. The van der Waals surface area contributed by atoms with Crippen LogP contribution in [0.15, 0.2) is 23.2 Å². The first-order chi connectivity index (χ1) is 12.6. The van der Waals surface area contributed by atoms with Crippen molar-refractivity contribution in [3.63, 3.8) is 0 Å². The van der Waals surface area contributed by atoms with Crippen LogP contribution in [0.4, 0.5) is 0 Å². The Kier molecular flexibility index (Phi) is 11.2. The van der Waals surface area contributed by atoms with Gasteiger partial charge in [0, 0.05) is 39.9 Å². The Morgan fingerprint density at radius 3 is 2.73 bits per heavy atom. The van der Waals surface area contributed by atoms with Gasteiger partial charge in [-0.2, -0.15) is 0 Å². The van der Waals surface area contributed by atoms with Gasteiger partial charge < -0.3 is 30.1 Å². The lowest BCUT2D eigenvalue weighted by Crippen LogP contribution is -2.39. The van der Waals surface area contributed by atoms with Gasteiger partial charge in [0.25, 0.3) is 0 Å². The van der Waals surface area contributed by atoms with Gasteiger partial charge in [0.2, 0.25) is 0 Å². The summed E-state index contributed by atoms with van der Waals surface area (Å²) in [5, 5.41) is 16.7. The lowest BCUT2D eigenvalue weighted by molar-refractivity contribution is 0.180. The molecule has 0 aliphatic rings. The van der Waals surface area contributed by atoms with Crippen LogP contribution in [0.2, 0.25) is 0 Å². The topological polar surface area (TPSA) is 78.4 Å². The van der Waals surface area contributed by atoms with Gasteiger partial charge in [0.05, 0.1) is 13.7 Å². The predicted molar refractivity (Wildman–Crippen MR) is 106 cm³/mol. The maximum absolute atomic E-state index is 10.1. The van der Waals surface area contributed by atoms with Gasteiger partial charge in [0.1, 0.15) is 0 Å². The monoisotopic (exact) mass is 366 g/mol. The fourth-order valence-corrected chi connectivity index (χ4v) is 2.51. The average Bonchev–Trinajstić information content (AvgIpc) is 2.63. The Bertz CT molecular complexity index is 538. The summed E-state index contributed by atoms with van der Waals surface area (Å²) in [5.74, 6) is 1.50. The number of nitrogens with one attached hydrogen (secondary N) is 2. The molecule has 0 atom stereocenters. The number of hydrogen-bond acceptors (Lipinski definition) is 5. The van der Waals surface area contributed by atoms with Crippen LogP contribution in [0.3, 0.4) is 0 Å². The Morgan fingerprint density at radius 2 is 2.04 bits per heavy atom. The van der Waals surface area contributed by atoms with Crippen molar-refractivity contribution in [3.05, 3.63) is 23.8 Å². The molecule has 0 radical (unpaired) electrons. The van der Waals surface area contributed by atoms with E-state index in [0.29, 0.717) is 18.7 Å². The second-order valence-corrected chi connectivity index (χ2v) is 6.06. The van der Waals surface area contributed by atoms with Gasteiger partial charge in [-0.05, 0) is 38.4 Å². The molecule has 0 spiro atoms. The lowest BCUT2D eigenvalue weighted by Gasteiger charge is -2.16. The lowest BCUT2D eigenvalue weighted by atomic mass is 10.1. The van der Waals surface area contributed by atoms with Crippen molar-refractivity contribution in [1.29, 1.82) is 0 Å². The molecule has 1 rings (SSSR count). The van der Waals surface area contributed by atoms with Crippen molar-refractivity contribution < 1.29 is 14.6 Å². The fourth-order valence-electron chi connectivity index (χ4n) is 2.51. The number of phenolic OH excluding ortho intramolecular Hbond substituents is 1. The number of methoxy groups -OCH3 is 2. The molecule has 0 aliphatic carbocycles. The van der Waals surface area contributed by atoms with Gasteiger partial charge in [-0.15, -0.1) is 0 Å². The largest absolute Gasteiger partial charge is 0.504 e. The fraction of sp³-hybridized carbons (Fsp3) is 0.632. The normalized spacial score (nSPS) is 11.7. The Hall–Kier alpha value is -1.99. The van der Waals surface area contributed by atoms with Crippen LogP contribution in [-0.4, -0.2) is 76.6 Å². The third-order valence-electron chi connectivity index (χ3n) is 3.97. The molecule has 0 saturated carbocycles. The SMILES string of the molecule is CCNC(=NCCN(C)CCCOC)NCCc1cccc(OC)c1O. The molecule has 0 saturated heterocycles. The Morgan fingerprint density at radius 1 is 1.23 bits per heavy atom. The van der Waals surface area contributed by atoms with Crippen LogP contribution in [-0.2, 0) is 11.2 Å². The summed E-state index contributed by atoms with van der Waals surface area (Å²) in [5.41, 5.74) is 0.852. The molecular formula is C19H34N4O3.